The second-order valence-corrected chi connectivity index (χ2v) is 8.58. The number of halogens is 1. The van der Waals surface area contributed by atoms with Gasteiger partial charge in [0.1, 0.15) is 5.78 Å². The Kier molecular flexibility index (Phi) is 5.09. The molecule has 1 heterocycles. The Morgan fingerprint density at radius 3 is 2.67 bits per heavy atom. The second-order valence-electron chi connectivity index (χ2n) is 8.58. The molecule has 2 nitrogen and oxygen atoms in total. The molecule has 0 N–H and O–H groups in total. The van der Waals surface area contributed by atoms with Crippen LogP contribution in [0.25, 0.3) is 0 Å². The van der Waals surface area contributed by atoms with E-state index < -0.39 is 0 Å². The lowest BCUT2D eigenvalue weighted by Crippen LogP contribution is -2.38. The quantitative estimate of drug-likeness (QED) is 0.799. The van der Waals surface area contributed by atoms with Gasteiger partial charge in [-0.2, -0.15) is 0 Å². The fourth-order valence-electron chi connectivity index (χ4n) is 5.70. The number of ketones is 1. The first-order valence-corrected chi connectivity index (χ1v) is 9.37. The van der Waals surface area contributed by atoms with Crippen LogP contribution in [0.4, 0.5) is 0 Å². The first kappa shape index (κ1) is 17.9. The lowest BCUT2D eigenvalue weighted by atomic mass is 9.66. The first-order valence-electron chi connectivity index (χ1n) is 9.37. The molecule has 1 aliphatic heterocycles. The Morgan fingerprint density at radius 1 is 1.21 bits per heavy atom. The SMILES string of the molecule is CC1(C)C2CCC(C2)C1C(=O)CCN1CCc2ccccc2C1.Cl. The predicted octanol–water partition coefficient (Wildman–Crippen LogP) is 4.50. The van der Waals surface area contributed by atoms with E-state index in [-0.39, 0.29) is 17.8 Å². The molecule has 0 saturated heterocycles. The van der Waals surface area contributed by atoms with Crippen molar-refractivity contribution in [2.75, 3.05) is 13.1 Å². The molecule has 1 aromatic rings. The van der Waals surface area contributed by atoms with Crippen molar-refractivity contribution in [1.29, 1.82) is 0 Å². The molecule has 0 spiro atoms. The van der Waals surface area contributed by atoms with Gasteiger partial charge in [0.2, 0.25) is 0 Å². The maximum atomic E-state index is 12.9. The molecular formula is C21H30ClNO. The summed E-state index contributed by atoms with van der Waals surface area (Å²) >= 11 is 0. The molecule has 3 atom stereocenters. The summed E-state index contributed by atoms with van der Waals surface area (Å²) in [6, 6.07) is 8.75. The molecular weight excluding hydrogens is 318 g/mol. The zero-order valence-electron chi connectivity index (χ0n) is 15.0. The van der Waals surface area contributed by atoms with Crippen molar-refractivity contribution in [3.05, 3.63) is 35.4 Å². The number of nitrogens with zero attached hydrogens (tertiary/aromatic N) is 1. The Balaban J connectivity index is 0.00000169. The lowest BCUT2D eigenvalue weighted by molar-refractivity contribution is -0.129. The summed E-state index contributed by atoms with van der Waals surface area (Å²) in [5.41, 5.74) is 3.19. The normalized spacial score (nSPS) is 30.7. The van der Waals surface area contributed by atoms with Crippen LogP contribution >= 0.6 is 12.4 Å². The smallest absolute Gasteiger partial charge is 0.138 e. The molecule has 132 valence electrons. The van der Waals surface area contributed by atoms with Crippen molar-refractivity contribution in [3.63, 3.8) is 0 Å². The fraction of sp³-hybridized carbons (Fsp3) is 0.667. The van der Waals surface area contributed by atoms with Gasteiger partial charge >= 0.3 is 0 Å². The number of hydrogen-bond donors (Lipinski definition) is 0. The van der Waals surface area contributed by atoms with E-state index >= 15 is 0 Å². The number of hydrogen-bond acceptors (Lipinski definition) is 2. The van der Waals surface area contributed by atoms with Crippen molar-refractivity contribution in [2.45, 2.75) is 52.5 Å². The first-order chi connectivity index (χ1) is 11.1. The molecule has 0 aromatic heterocycles. The van der Waals surface area contributed by atoms with Gasteiger partial charge in [0, 0.05) is 32.0 Å². The largest absolute Gasteiger partial charge is 0.299 e. The van der Waals surface area contributed by atoms with E-state index in [9.17, 15) is 4.79 Å². The zero-order valence-corrected chi connectivity index (χ0v) is 15.8. The molecule has 1 aromatic carbocycles. The lowest BCUT2D eigenvalue weighted by Gasteiger charge is -2.38. The molecule has 0 radical (unpaired) electrons. The van der Waals surface area contributed by atoms with E-state index in [1.54, 1.807) is 0 Å². The van der Waals surface area contributed by atoms with Crippen LogP contribution in [0.3, 0.4) is 0 Å². The third-order valence-electron chi connectivity index (χ3n) is 7.03. The summed E-state index contributed by atoms with van der Waals surface area (Å²) in [6.45, 7) is 7.75. The van der Waals surface area contributed by atoms with Gasteiger partial charge < -0.3 is 0 Å². The highest BCUT2D eigenvalue weighted by molar-refractivity contribution is 5.85. The number of Topliss-reactive ketones (excluding diaryl/α,β-unsaturated/α-hetero) is 1. The molecule has 3 heteroatoms. The minimum atomic E-state index is 0. The van der Waals surface area contributed by atoms with E-state index in [0.717, 1.165) is 38.4 Å². The minimum absolute atomic E-state index is 0. The number of fused-ring (bicyclic) bond motifs is 3. The molecule has 3 aliphatic rings. The van der Waals surface area contributed by atoms with Gasteiger partial charge in [-0.3, -0.25) is 9.69 Å². The maximum Gasteiger partial charge on any atom is 0.138 e. The molecule has 2 fully saturated rings. The van der Waals surface area contributed by atoms with Crippen LogP contribution in [0.2, 0.25) is 0 Å². The summed E-state index contributed by atoms with van der Waals surface area (Å²) < 4.78 is 0. The topological polar surface area (TPSA) is 20.3 Å². The molecule has 24 heavy (non-hydrogen) atoms. The fourth-order valence-corrected chi connectivity index (χ4v) is 5.70. The number of carbonyl (C=O) groups excluding carboxylic acids is 1. The average Bonchev–Trinajstić information content (AvgIpc) is 3.11. The van der Waals surface area contributed by atoms with Crippen molar-refractivity contribution in [3.8, 4) is 0 Å². The van der Waals surface area contributed by atoms with Crippen molar-refractivity contribution >= 4 is 18.2 Å². The Morgan fingerprint density at radius 2 is 1.96 bits per heavy atom. The van der Waals surface area contributed by atoms with Crippen LogP contribution in [0.5, 0.6) is 0 Å². The highest BCUT2D eigenvalue weighted by Crippen LogP contribution is 2.59. The summed E-state index contributed by atoms with van der Waals surface area (Å²) in [5, 5.41) is 0. The molecule has 3 unspecified atom stereocenters. The van der Waals surface area contributed by atoms with Crippen LogP contribution in [-0.2, 0) is 17.8 Å². The molecule has 4 rings (SSSR count). The summed E-state index contributed by atoms with van der Waals surface area (Å²) in [6.07, 6.45) is 5.83. The molecule has 2 saturated carbocycles. The second kappa shape index (κ2) is 6.80. The van der Waals surface area contributed by atoms with Gasteiger partial charge in [0.15, 0.2) is 0 Å². The molecule has 2 aliphatic carbocycles. The van der Waals surface area contributed by atoms with Gasteiger partial charge in [-0.05, 0) is 54.1 Å². The highest BCUT2D eigenvalue weighted by atomic mass is 35.5. The number of carbonyl (C=O) groups is 1. The Hall–Kier alpha value is -0.860. The van der Waals surface area contributed by atoms with E-state index in [2.05, 4.69) is 43.0 Å². The summed E-state index contributed by atoms with van der Waals surface area (Å²) in [7, 11) is 0. The number of benzene rings is 1. The van der Waals surface area contributed by atoms with E-state index in [1.165, 1.54) is 30.4 Å². The van der Waals surface area contributed by atoms with Crippen LogP contribution in [-0.4, -0.2) is 23.8 Å². The zero-order chi connectivity index (χ0) is 16.0. The summed E-state index contributed by atoms with van der Waals surface area (Å²) in [5.74, 6) is 2.35. The van der Waals surface area contributed by atoms with Crippen molar-refractivity contribution < 1.29 is 4.79 Å². The maximum absolute atomic E-state index is 12.9. The van der Waals surface area contributed by atoms with E-state index in [1.807, 2.05) is 0 Å². The van der Waals surface area contributed by atoms with E-state index in [0.29, 0.717) is 17.6 Å². The van der Waals surface area contributed by atoms with Gasteiger partial charge in [-0.1, -0.05) is 38.1 Å². The Labute approximate surface area is 152 Å². The van der Waals surface area contributed by atoms with Crippen LogP contribution in [0, 0.1) is 23.2 Å². The van der Waals surface area contributed by atoms with Gasteiger partial charge in [-0.15, -0.1) is 12.4 Å². The monoisotopic (exact) mass is 347 g/mol. The standard InChI is InChI=1S/C21H29NO.ClH/c1-21(2)18-8-7-16(13-18)20(21)19(23)10-12-22-11-9-15-5-3-4-6-17(15)14-22;/h3-6,16,18,20H,7-14H2,1-2H3;1H. The van der Waals surface area contributed by atoms with Crippen LogP contribution in [0.15, 0.2) is 24.3 Å². The average molecular weight is 348 g/mol. The van der Waals surface area contributed by atoms with Gasteiger partial charge in [0.05, 0.1) is 0 Å². The minimum Gasteiger partial charge on any atom is -0.299 e. The van der Waals surface area contributed by atoms with Gasteiger partial charge in [0.25, 0.3) is 0 Å². The van der Waals surface area contributed by atoms with E-state index in [4.69, 9.17) is 0 Å². The van der Waals surface area contributed by atoms with Crippen molar-refractivity contribution in [2.24, 2.45) is 23.2 Å². The number of rotatable bonds is 4. The summed E-state index contributed by atoms with van der Waals surface area (Å²) in [4.78, 5) is 15.4. The predicted molar refractivity (Wildman–Crippen MR) is 100 cm³/mol. The third kappa shape index (κ3) is 3.04. The molecule has 2 bridgehead atoms. The van der Waals surface area contributed by atoms with Crippen LogP contribution in [0.1, 0.15) is 50.7 Å². The molecule has 0 amide bonds. The Bertz CT molecular complexity index is 612. The third-order valence-corrected chi connectivity index (χ3v) is 7.03. The van der Waals surface area contributed by atoms with Crippen molar-refractivity contribution in [1.82, 2.24) is 4.90 Å². The van der Waals surface area contributed by atoms with Gasteiger partial charge in [-0.25, -0.2) is 0 Å². The van der Waals surface area contributed by atoms with Crippen LogP contribution < -0.4 is 0 Å². The highest BCUT2D eigenvalue weighted by Gasteiger charge is 2.54.